The minimum atomic E-state index is -1.08. The van der Waals surface area contributed by atoms with Crippen molar-refractivity contribution in [3.8, 4) is 0 Å². The minimum absolute atomic E-state index is 0.633. The highest BCUT2D eigenvalue weighted by molar-refractivity contribution is 8.14. The van der Waals surface area contributed by atoms with Gasteiger partial charge in [-0.2, -0.15) is 0 Å². The fraction of sp³-hybridized carbons (Fsp3) is 0.429. The number of carboxylic acid groups (broad SMARTS) is 1. The molecule has 0 aromatic heterocycles. The second-order valence-electron chi connectivity index (χ2n) is 4.41. The molecule has 6 heteroatoms. The SMILES string of the molecule is C[C@H](SC(=Nc1ccccc1)N1CCOCC1)C(=O)[O-]. The van der Waals surface area contributed by atoms with Crippen molar-refractivity contribution in [2.24, 2.45) is 4.99 Å². The van der Waals surface area contributed by atoms with E-state index < -0.39 is 11.2 Å². The summed E-state index contributed by atoms with van der Waals surface area (Å²) < 4.78 is 5.32. The molecule has 1 aromatic rings. The molecule has 0 bridgehead atoms. The number of rotatable bonds is 3. The lowest BCUT2D eigenvalue weighted by atomic mass is 10.3. The Morgan fingerprint density at radius 2 is 2.00 bits per heavy atom. The van der Waals surface area contributed by atoms with Crippen LogP contribution in [0.3, 0.4) is 0 Å². The number of aliphatic carboxylic acids is 1. The van der Waals surface area contributed by atoms with Gasteiger partial charge in [0.1, 0.15) is 0 Å². The highest BCUT2D eigenvalue weighted by atomic mass is 32.2. The van der Waals surface area contributed by atoms with Gasteiger partial charge < -0.3 is 19.5 Å². The van der Waals surface area contributed by atoms with Crippen LogP contribution in [0.15, 0.2) is 35.3 Å². The van der Waals surface area contributed by atoms with Crippen molar-refractivity contribution in [2.75, 3.05) is 26.3 Å². The summed E-state index contributed by atoms with van der Waals surface area (Å²) in [6, 6.07) is 9.52. The van der Waals surface area contributed by atoms with Crippen molar-refractivity contribution in [1.29, 1.82) is 0 Å². The van der Waals surface area contributed by atoms with Crippen LogP contribution in [-0.4, -0.2) is 47.6 Å². The molecule has 0 N–H and O–H groups in total. The maximum absolute atomic E-state index is 10.9. The van der Waals surface area contributed by atoms with Gasteiger partial charge in [0.2, 0.25) is 0 Å². The zero-order valence-electron chi connectivity index (χ0n) is 11.3. The molecule has 1 saturated heterocycles. The third-order valence-electron chi connectivity index (χ3n) is 2.88. The minimum Gasteiger partial charge on any atom is -0.549 e. The highest BCUT2D eigenvalue weighted by Crippen LogP contribution is 2.21. The largest absolute Gasteiger partial charge is 0.549 e. The van der Waals surface area contributed by atoms with E-state index in [1.165, 1.54) is 11.8 Å². The van der Waals surface area contributed by atoms with Crippen LogP contribution >= 0.6 is 11.8 Å². The summed E-state index contributed by atoms with van der Waals surface area (Å²) in [5.41, 5.74) is 0.812. The molecule has 5 nitrogen and oxygen atoms in total. The van der Waals surface area contributed by atoms with E-state index >= 15 is 0 Å². The van der Waals surface area contributed by atoms with Crippen LogP contribution in [0, 0.1) is 0 Å². The van der Waals surface area contributed by atoms with Gasteiger partial charge in [-0.1, -0.05) is 30.0 Å². The molecule has 108 valence electrons. The Labute approximate surface area is 122 Å². The molecule has 0 unspecified atom stereocenters. The first-order valence-electron chi connectivity index (χ1n) is 6.51. The third-order valence-corrected chi connectivity index (χ3v) is 3.98. The number of ether oxygens (including phenoxy) is 1. The van der Waals surface area contributed by atoms with Gasteiger partial charge in [-0.25, -0.2) is 4.99 Å². The maximum Gasteiger partial charge on any atom is 0.165 e. The number of amidine groups is 1. The van der Waals surface area contributed by atoms with E-state index in [4.69, 9.17) is 4.74 Å². The van der Waals surface area contributed by atoms with Crippen molar-refractivity contribution >= 4 is 28.6 Å². The quantitative estimate of drug-likeness (QED) is 0.611. The van der Waals surface area contributed by atoms with Crippen LogP contribution in [-0.2, 0) is 9.53 Å². The number of thioether (sulfide) groups is 1. The third kappa shape index (κ3) is 4.25. The second-order valence-corrected chi connectivity index (χ2v) is 5.72. The molecule has 0 aliphatic carbocycles. The molecule has 20 heavy (non-hydrogen) atoms. The molecule has 1 atom stereocenters. The van der Waals surface area contributed by atoms with Gasteiger partial charge in [0.25, 0.3) is 0 Å². The Balaban J connectivity index is 2.18. The van der Waals surface area contributed by atoms with Gasteiger partial charge in [0, 0.05) is 18.3 Å². The van der Waals surface area contributed by atoms with Gasteiger partial charge in [0.05, 0.1) is 24.9 Å². The van der Waals surface area contributed by atoms with Crippen LogP contribution < -0.4 is 5.11 Å². The topological polar surface area (TPSA) is 65.0 Å². The lowest BCUT2D eigenvalue weighted by Crippen LogP contribution is -2.41. The first kappa shape index (κ1) is 14.9. The van der Waals surface area contributed by atoms with Crippen molar-refractivity contribution in [1.82, 2.24) is 4.90 Å². The molecule has 2 rings (SSSR count). The molecule has 1 aliphatic heterocycles. The van der Waals surface area contributed by atoms with Gasteiger partial charge in [-0.3, -0.25) is 0 Å². The van der Waals surface area contributed by atoms with Crippen molar-refractivity contribution < 1.29 is 14.6 Å². The molecule has 1 fully saturated rings. The lowest BCUT2D eigenvalue weighted by Gasteiger charge is -2.30. The second kappa shape index (κ2) is 7.31. The summed E-state index contributed by atoms with van der Waals surface area (Å²) in [6.07, 6.45) is 0. The number of carbonyl (C=O) groups excluding carboxylic acids is 1. The summed E-state index contributed by atoms with van der Waals surface area (Å²) in [4.78, 5) is 17.6. The summed E-state index contributed by atoms with van der Waals surface area (Å²) in [5.74, 6) is -1.08. The van der Waals surface area contributed by atoms with E-state index in [2.05, 4.69) is 9.89 Å². The molecule has 1 aliphatic rings. The van der Waals surface area contributed by atoms with Gasteiger partial charge in [-0.15, -0.1) is 0 Å². The van der Waals surface area contributed by atoms with E-state index in [1.807, 2.05) is 30.3 Å². The van der Waals surface area contributed by atoms with Crippen LogP contribution in [0.25, 0.3) is 0 Å². The average Bonchev–Trinajstić information content (AvgIpc) is 2.48. The molecule has 0 spiro atoms. The Hall–Kier alpha value is -1.53. The number of morpholine rings is 1. The molecule has 0 saturated carbocycles. The van der Waals surface area contributed by atoms with Gasteiger partial charge in [-0.05, 0) is 19.1 Å². The molecule has 1 heterocycles. The standard InChI is InChI=1S/C14H18N2O3S/c1-11(13(17)18)20-14(16-7-9-19-10-8-16)15-12-5-3-2-4-6-12/h2-6,11H,7-10H2,1H3,(H,17,18)/p-1/t11-/m0/s1. The fourth-order valence-electron chi connectivity index (χ4n) is 1.75. The van der Waals surface area contributed by atoms with Crippen molar-refractivity contribution in [3.05, 3.63) is 30.3 Å². The van der Waals surface area contributed by atoms with Crippen molar-refractivity contribution in [2.45, 2.75) is 12.2 Å². The molecule has 1 aromatic carbocycles. The number of hydrogen-bond acceptors (Lipinski definition) is 5. The monoisotopic (exact) mass is 293 g/mol. The summed E-state index contributed by atoms with van der Waals surface area (Å²) in [6.45, 7) is 4.32. The fourth-order valence-corrected chi connectivity index (χ4v) is 2.65. The number of nitrogens with zero attached hydrogens (tertiary/aromatic N) is 2. The smallest absolute Gasteiger partial charge is 0.165 e. The summed E-state index contributed by atoms with van der Waals surface area (Å²) in [5, 5.41) is 11.0. The molecular formula is C14H17N2O3S-. The average molecular weight is 293 g/mol. The maximum atomic E-state index is 10.9. The summed E-state index contributed by atoms with van der Waals surface area (Å²) in [7, 11) is 0. The number of aliphatic imine (C=N–C) groups is 1. The van der Waals surface area contributed by atoms with E-state index in [9.17, 15) is 9.90 Å². The Morgan fingerprint density at radius 1 is 1.35 bits per heavy atom. The van der Waals surface area contributed by atoms with Crippen LogP contribution in [0.5, 0.6) is 0 Å². The molecular weight excluding hydrogens is 276 g/mol. The van der Waals surface area contributed by atoms with E-state index in [-0.39, 0.29) is 0 Å². The number of hydrogen-bond donors (Lipinski definition) is 0. The highest BCUT2D eigenvalue weighted by Gasteiger charge is 2.19. The number of carboxylic acids is 1. The van der Waals surface area contributed by atoms with Crippen molar-refractivity contribution in [3.63, 3.8) is 0 Å². The first-order valence-corrected chi connectivity index (χ1v) is 7.39. The zero-order chi connectivity index (χ0) is 14.4. The number of carbonyl (C=O) groups is 1. The summed E-state index contributed by atoms with van der Waals surface area (Å²) >= 11 is 1.21. The van der Waals surface area contributed by atoms with E-state index in [0.29, 0.717) is 18.4 Å². The Bertz CT molecular complexity index is 473. The van der Waals surface area contributed by atoms with E-state index in [0.717, 1.165) is 18.8 Å². The number of para-hydroxylation sites is 1. The molecule has 0 radical (unpaired) electrons. The van der Waals surface area contributed by atoms with E-state index in [1.54, 1.807) is 6.92 Å². The molecule has 0 amide bonds. The number of benzene rings is 1. The van der Waals surface area contributed by atoms with Gasteiger partial charge >= 0.3 is 0 Å². The Kier molecular flexibility index (Phi) is 5.43. The van der Waals surface area contributed by atoms with Crippen LogP contribution in [0.1, 0.15) is 6.92 Å². The first-order chi connectivity index (χ1) is 9.66. The van der Waals surface area contributed by atoms with Gasteiger partial charge in [0.15, 0.2) is 5.17 Å². The predicted octanol–water partition coefficient (Wildman–Crippen LogP) is 0.878. The van der Waals surface area contributed by atoms with Crippen LogP contribution in [0.2, 0.25) is 0 Å². The van der Waals surface area contributed by atoms with Crippen LogP contribution in [0.4, 0.5) is 5.69 Å². The predicted molar refractivity (Wildman–Crippen MR) is 78.0 cm³/mol. The normalized spacial score (nSPS) is 17.9. The zero-order valence-corrected chi connectivity index (χ0v) is 12.1. The Morgan fingerprint density at radius 3 is 2.60 bits per heavy atom. The lowest BCUT2D eigenvalue weighted by molar-refractivity contribution is -0.304.